The molecule has 1 aromatic carbocycles. The van der Waals surface area contributed by atoms with Crippen LogP contribution < -0.4 is 5.32 Å². The van der Waals surface area contributed by atoms with Crippen molar-refractivity contribution in [2.45, 2.75) is 31.1 Å². The van der Waals surface area contributed by atoms with Crippen molar-refractivity contribution in [3.05, 3.63) is 29.6 Å². The van der Waals surface area contributed by atoms with E-state index >= 15 is 0 Å². The molecule has 2 atom stereocenters. The molecular formula is C14H17ClFNO3S. The molecule has 0 saturated heterocycles. The van der Waals surface area contributed by atoms with E-state index < -0.39 is 25.7 Å². The molecule has 0 heterocycles. The molecule has 1 fully saturated rings. The van der Waals surface area contributed by atoms with Gasteiger partial charge in [-0.05, 0) is 36.5 Å². The summed E-state index contributed by atoms with van der Waals surface area (Å²) in [7, 11) is 1.11. The fourth-order valence-electron chi connectivity index (χ4n) is 2.69. The average molecular weight is 334 g/mol. The minimum atomic E-state index is -4.07. The highest BCUT2D eigenvalue weighted by atomic mass is 35.7. The Morgan fingerprint density at radius 1 is 1.38 bits per heavy atom. The van der Waals surface area contributed by atoms with Gasteiger partial charge in [0.2, 0.25) is 0 Å². The first-order chi connectivity index (χ1) is 9.77. The van der Waals surface area contributed by atoms with E-state index in [2.05, 4.69) is 12.2 Å². The van der Waals surface area contributed by atoms with Crippen LogP contribution in [0.1, 0.15) is 36.5 Å². The van der Waals surface area contributed by atoms with Crippen LogP contribution in [0.15, 0.2) is 23.1 Å². The van der Waals surface area contributed by atoms with Gasteiger partial charge in [0, 0.05) is 22.8 Å². The highest BCUT2D eigenvalue weighted by molar-refractivity contribution is 8.13. The van der Waals surface area contributed by atoms with Crippen molar-refractivity contribution in [1.82, 2.24) is 5.32 Å². The SMILES string of the molecule is CC1CCCC1CNC(=O)c1cc(F)cc(S(=O)(=O)Cl)c1. The van der Waals surface area contributed by atoms with Crippen molar-refractivity contribution in [3.8, 4) is 0 Å². The fourth-order valence-corrected chi connectivity index (χ4v) is 3.47. The third-order valence-electron chi connectivity index (χ3n) is 3.98. The van der Waals surface area contributed by atoms with Gasteiger partial charge in [0.15, 0.2) is 0 Å². The zero-order valence-electron chi connectivity index (χ0n) is 11.6. The van der Waals surface area contributed by atoms with Gasteiger partial charge in [-0.2, -0.15) is 0 Å². The van der Waals surface area contributed by atoms with Gasteiger partial charge in [0.1, 0.15) is 5.82 Å². The number of halogens is 2. The molecule has 116 valence electrons. The number of hydrogen-bond donors (Lipinski definition) is 1. The zero-order chi connectivity index (χ0) is 15.6. The molecule has 4 nitrogen and oxygen atoms in total. The molecule has 0 radical (unpaired) electrons. The summed E-state index contributed by atoms with van der Waals surface area (Å²) >= 11 is 0. The summed E-state index contributed by atoms with van der Waals surface area (Å²) in [6.07, 6.45) is 3.36. The number of hydrogen-bond acceptors (Lipinski definition) is 3. The normalized spacial score (nSPS) is 22.2. The van der Waals surface area contributed by atoms with E-state index in [1.165, 1.54) is 0 Å². The number of amides is 1. The molecule has 0 aromatic heterocycles. The lowest BCUT2D eigenvalue weighted by molar-refractivity contribution is 0.0944. The first-order valence-corrected chi connectivity index (χ1v) is 9.12. The monoisotopic (exact) mass is 333 g/mol. The Hall–Kier alpha value is -1.14. The van der Waals surface area contributed by atoms with Gasteiger partial charge >= 0.3 is 0 Å². The molecule has 1 saturated carbocycles. The predicted molar refractivity (Wildman–Crippen MR) is 78.3 cm³/mol. The maximum absolute atomic E-state index is 13.4. The molecule has 2 unspecified atom stereocenters. The smallest absolute Gasteiger partial charge is 0.261 e. The van der Waals surface area contributed by atoms with Crippen LogP contribution in [0.5, 0.6) is 0 Å². The van der Waals surface area contributed by atoms with Crippen molar-refractivity contribution in [3.63, 3.8) is 0 Å². The summed E-state index contributed by atoms with van der Waals surface area (Å²) in [5.41, 5.74) is -0.0418. The summed E-state index contributed by atoms with van der Waals surface area (Å²) in [5.74, 6) is -0.332. The van der Waals surface area contributed by atoms with Gasteiger partial charge in [-0.3, -0.25) is 4.79 Å². The Bertz CT molecular complexity index is 648. The van der Waals surface area contributed by atoms with Crippen LogP contribution >= 0.6 is 10.7 Å². The summed E-state index contributed by atoms with van der Waals surface area (Å²) in [6, 6.07) is 2.87. The lowest BCUT2D eigenvalue weighted by atomic mass is 9.98. The van der Waals surface area contributed by atoms with E-state index in [0.717, 1.165) is 37.5 Å². The van der Waals surface area contributed by atoms with Gasteiger partial charge in [0.25, 0.3) is 15.0 Å². The molecule has 0 spiro atoms. The van der Waals surface area contributed by atoms with Gasteiger partial charge in [-0.25, -0.2) is 12.8 Å². The Balaban J connectivity index is 2.10. The van der Waals surface area contributed by atoms with Crippen molar-refractivity contribution in [1.29, 1.82) is 0 Å². The lowest BCUT2D eigenvalue weighted by Gasteiger charge is -2.16. The molecular weight excluding hydrogens is 317 g/mol. The van der Waals surface area contributed by atoms with E-state index in [1.54, 1.807) is 0 Å². The van der Waals surface area contributed by atoms with Crippen molar-refractivity contribution >= 4 is 25.6 Å². The topological polar surface area (TPSA) is 63.2 Å². The van der Waals surface area contributed by atoms with Crippen LogP contribution in [-0.4, -0.2) is 20.9 Å². The van der Waals surface area contributed by atoms with Crippen LogP contribution in [0.4, 0.5) is 4.39 Å². The number of carbonyl (C=O) groups is 1. The summed E-state index contributed by atoms with van der Waals surface area (Å²) in [5, 5.41) is 2.73. The number of benzene rings is 1. The molecule has 2 rings (SSSR count). The van der Waals surface area contributed by atoms with Gasteiger partial charge in [0.05, 0.1) is 4.90 Å². The van der Waals surface area contributed by atoms with Crippen LogP contribution in [0.25, 0.3) is 0 Å². The summed E-state index contributed by atoms with van der Waals surface area (Å²) in [6.45, 7) is 2.66. The Morgan fingerprint density at radius 3 is 2.67 bits per heavy atom. The third-order valence-corrected chi connectivity index (χ3v) is 5.31. The fraction of sp³-hybridized carbons (Fsp3) is 0.500. The van der Waals surface area contributed by atoms with Crippen molar-refractivity contribution in [2.24, 2.45) is 11.8 Å². The van der Waals surface area contributed by atoms with E-state index in [4.69, 9.17) is 10.7 Å². The van der Waals surface area contributed by atoms with Gasteiger partial charge in [-0.15, -0.1) is 0 Å². The van der Waals surface area contributed by atoms with E-state index in [0.29, 0.717) is 18.4 Å². The predicted octanol–water partition coefficient (Wildman–Crippen LogP) is 2.92. The molecule has 21 heavy (non-hydrogen) atoms. The van der Waals surface area contributed by atoms with Crippen LogP contribution in [-0.2, 0) is 9.05 Å². The molecule has 1 amide bonds. The van der Waals surface area contributed by atoms with Crippen LogP contribution in [0.2, 0.25) is 0 Å². The highest BCUT2D eigenvalue weighted by Crippen LogP contribution is 2.30. The van der Waals surface area contributed by atoms with Crippen LogP contribution in [0.3, 0.4) is 0 Å². The Labute approximate surface area is 128 Å². The Morgan fingerprint density at radius 2 is 2.10 bits per heavy atom. The number of carbonyl (C=O) groups excluding carboxylic acids is 1. The van der Waals surface area contributed by atoms with Gasteiger partial charge in [-0.1, -0.05) is 19.8 Å². The first-order valence-electron chi connectivity index (χ1n) is 6.81. The van der Waals surface area contributed by atoms with E-state index in [9.17, 15) is 17.6 Å². The minimum Gasteiger partial charge on any atom is -0.352 e. The standard InChI is InChI=1S/C14H17ClFNO3S/c1-9-3-2-4-10(9)8-17-14(18)11-5-12(16)7-13(6-11)21(15,19)20/h5-7,9-10H,2-4,8H2,1H3,(H,17,18). The maximum atomic E-state index is 13.4. The largest absolute Gasteiger partial charge is 0.352 e. The molecule has 7 heteroatoms. The number of nitrogens with one attached hydrogen (secondary N) is 1. The summed E-state index contributed by atoms with van der Waals surface area (Å²) < 4.78 is 35.9. The second-order valence-corrected chi connectivity index (χ2v) is 8.06. The molecule has 1 aromatic rings. The quantitative estimate of drug-likeness (QED) is 0.862. The summed E-state index contributed by atoms with van der Waals surface area (Å²) in [4.78, 5) is 11.6. The van der Waals surface area contributed by atoms with Crippen LogP contribution in [0, 0.1) is 17.7 Å². The highest BCUT2D eigenvalue weighted by Gasteiger charge is 2.24. The van der Waals surface area contributed by atoms with E-state index in [1.807, 2.05) is 0 Å². The van der Waals surface area contributed by atoms with E-state index in [-0.39, 0.29) is 5.56 Å². The second-order valence-electron chi connectivity index (χ2n) is 5.49. The maximum Gasteiger partial charge on any atom is 0.261 e. The molecule has 1 aliphatic carbocycles. The second kappa shape index (κ2) is 6.32. The third kappa shape index (κ3) is 4.17. The lowest BCUT2D eigenvalue weighted by Crippen LogP contribution is -2.30. The molecule has 0 aliphatic heterocycles. The molecule has 0 bridgehead atoms. The first kappa shape index (κ1) is 16.2. The Kier molecular flexibility index (Phi) is 4.88. The molecule has 1 aliphatic rings. The number of rotatable bonds is 4. The van der Waals surface area contributed by atoms with Crippen molar-refractivity contribution in [2.75, 3.05) is 6.54 Å². The average Bonchev–Trinajstić information content (AvgIpc) is 2.79. The zero-order valence-corrected chi connectivity index (χ0v) is 13.2. The molecule has 1 N–H and O–H groups in total. The van der Waals surface area contributed by atoms with Crippen molar-refractivity contribution < 1.29 is 17.6 Å². The van der Waals surface area contributed by atoms with Gasteiger partial charge < -0.3 is 5.32 Å². The minimum absolute atomic E-state index is 0.0418.